The van der Waals surface area contributed by atoms with Crippen LogP contribution < -0.4 is 4.74 Å². The van der Waals surface area contributed by atoms with Crippen LogP contribution >= 0.6 is 0 Å². The van der Waals surface area contributed by atoms with Gasteiger partial charge in [-0.05, 0) is 60.6 Å². The summed E-state index contributed by atoms with van der Waals surface area (Å²) in [7, 11) is 0. The van der Waals surface area contributed by atoms with Gasteiger partial charge in [0.05, 0.1) is 0 Å². The predicted molar refractivity (Wildman–Crippen MR) is 122 cm³/mol. The van der Waals surface area contributed by atoms with Gasteiger partial charge in [0.15, 0.2) is 29.0 Å². The Morgan fingerprint density at radius 2 is 1.38 bits per heavy atom. The Labute approximate surface area is 196 Å². The summed E-state index contributed by atoms with van der Waals surface area (Å²) in [5.41, 5.74) is 0.266. The molecule has 3 aromatic carbocycles. The van der Waals surface area contributed by atoms with Crippen LogP contribution in [0.25, 0.3) is 11.1 Å². The van der Waals surface area contributed by atoms with Crippen LogP contribution in [0.1, 0.15) is 51.0 Å². The van der Waals surface area contributed by atoms with E-state index in [-0.39, 0.29) is 34.6 Å². The highest BCUT2D eigenvalue weighted by atomic mass is 19.2. The molecule has 1 fully saturated rings. The molecule has 1 nitrogen and oxygen atoms in total. The standard InChI is InChI=1S/C28H27F5O/c1-2-17-7-9-18(10-8-17)11-12-21-22(29)13-14-26(27(21)32)34-25-6-4-3-5-20(25)19-15-23(30)28(33)24(31)16-19/h3-6,13-18H,2,7-12H2,1H3. The Bertz CT molecular complexity index is 1130. The molecule has 6 heteroatoms. The Kier molecular flexibility index (Phi) is 7.54. The normalized spacial score (nSPS) is 18.2. The summed E-state index contributed by atoms with van der Waals surface area (Å²) in [6.45, 7) is 2.20. The van der Waals surface area contributed by atoms with Crippen molar-refractivity contribution in [1.82, 2.24) is 0 Å². The lowest BCUT2D eigenvalue weighted by Crippen LogP contribution is -2.15. The fourth-order valence-corrected chi connectivity index (χ4v) is 4.78. The molecule has 0 aromatic heterocycles. The predicted octanol–water partition coefficient (Wildman–Crippen LogP) is 8.99. The number of hydrogen-bond acceptors (Lipinski definition) is 1. The molecule has 0 radical (unpaired) electrons. The molecule has 34 heavy (non-hydrogen) atoms. The van der Waals surface area contributed by atoms with E-state index in [1.807, 2.05) is 0 Å². The second-order valence-corrected chi connectivity index (χ2v) is 9.02. The first-order valence-electron chi connectivity index (χ1n) is 11.8. The van der Waals surface area contributed by atoms with Crippen LogP contribution in [0.4, 0.5) is 22.0 Å². The number of para-hydroxylation sites is 1. The van der Waals surface area contributed by atoms with Crippen LogP contribution in [0, 0.1) is 40.9 Å². The molecule has 0 saturated heterocycles. The zero-order valence-electron chi connectivity index (χ0n) is 19.0. The molecule has 0 heterocycles. The van der Waals surface area contributed by atoms with E-state index in [0.29, 0.717) is 12.3 Å². The third-order valence-corrected chi connectivity index (χ3v) is 6.90. The van der Waals surface area contributed by atoms with Crippen LogP contribution in [0.2, 0.25) is 0 Å². The van der Waals surface area contributed by atoms with Crippen molar-refractivity contribution in [3.8, 4) is 22.6 Å². The number of rotatable bonds is 7. The summed E-state index contributed by atoms with van der Waals surface area (Å²) in [5, 5.41) is 0. The molecule has 0 bridgehead atoms. The smallest absolute Gasteiger partial charge is 0.194 e. The third-order valence-electron chi connectivity index (χ3n) is 6.90. The van der Waals surface area contributed by atoms with Crippen molar-refractivity contribution < 1.29 is 26.7 Å². The van der Waals surface area contributed by atoms with Gasteiger partial charge in [-0.1, -0.05) is 57.2 Å². The molecule has 0 spiro atoms. The van der Waals surface area contributed by atoms with Crippen molar-refractivity contribution in [2.75, 3.05) is 0 Å². The molecule has 0 atom stereocenters. The average molecular weight is 475 g/mol. The molecule has 1 saturated carbocycles. The molecule has 0 amide bonds. The van der Waals surface area contributed by atoms with Gasteiger partial charge in [-0.25, -0.2) is 22.0 Å². The zero-order valence-corrected chi connectivity index (χ0v) is 19.0. The molecular weight excluding hydrogens is 447 g/mol. The summed E-state index contributed by atoms with van der Waals surface area (Å²) in [6, 6.07) is 10.3. The Morgan fingerprint density at radius 3 is 2.06 bits per heavy atom. The Hall–Kier alpha value is -2.89. The van der Waals surface area contributed by atoms with E-state index in [1.54, 1.807) is 12.1 Å². The van der Waals surface area contributed by atoms with Crippen LogP contribution in [-0.4, -0.2) is 0 Å². The van der Waals surface area contributed by atoms with E-state index in [0.717, 1.165) is 43.7 Å². The molecule has 1 aliphatic carbocycles. The van der Waals surface area contributed by atoms with Crippen molar-refractivity contribution in [3.05, 3.63) is 83.2 Å². The van der Waals surface area contributed by atoms with Crippen LogP contribution in [0.5, 0.6) is 11.5 Å². The molecule has 1 aliphatic rings. The fraction of sp³-hybridized carbons (Fsp3) is 0.357. The van der Waals surface area contributed by atoms with Gasteiger partial charge >= 0.3 is 0 Å². The highest BCUT2D eigenvalue weighted by Crippen LogP contribution is 2.38. The van der Waals surface area contributed by atoms with Gasteiger partial charge in [0.2, 0.25) is 0 Å². The van der Waals surface area contributed by atoms with Gasteiger partial charge in [0.25, 0.3) is 0 Å². The molecule has 0 aliphatic heterocycles. The lowest BCUT2D eigenvalue weighted by Gasteiger charge is -2.27. The van der Waals surface area contributed by atoms with Gasteiger partial charge in [0, 0.05) is 11.1 Å². The maximum atomic E-state index is 15.3. The van der Waals surface area contributed by atoms with Gasteiger partial charge in [-0.15, -0.1) is 0 Å². The van der Waals surface area contributed by atoms with E-state index in [2.05, 4.69) is 6.92 Å². The van der Waals surface area contributed by atoms with Crippen molar-refractivity contribution in [1.29, 1.82) is 0 Å². The number of benzene rings is 3. The topological polar surface area (TPSA) is 9.23 Å². The summed E-state index contributed by atoms with van der Waals surface area (Å²) in [5.74, 6) is -4.51. The molecule has 180 valence electrons. The zero-order chi connectivity index (χ0) is 24.2. The monoisotopic (exact) mass is 474 g/mol. The molecule has 0 unspecified atom stereocenters. The number of hydrogen-bond donors (Lipinski definition) is 0. The van der Waals surface area contributed by atoms with Crippen molar-refractivity contribution in [2.45, 2.75) is 51.9 Å². The Balaban J connectivity index is 1.55. The average Bonchev–Trinajstić information content (AvgIpc) is 2.84. The third kappa shape index (κ3) is 5.26. The minimum absolute atomic E-state index is 0.0218. The highest BCUT2D eigenvalue weighted by Gasteiger charge is 2.23. The summed E-state index contributed by atoms with van der Waals surface area (Å²) < 4.78 is 76.4. The van der Waals surface area contributed by atoms with E-state index >= 15 is 4.39 Å². The van der Waals surface area contributed by atoms with Crippen LogP contribution in [0.3, 0.4) is 0 Å². The fourth-order valence-electron chi connectivity index (χ4n) is 4.78. The SMILES string of the molecule is CCC1CCC(CCc2c(F)ccc(Oc3ccccc3-c3cc(F)c(F)c(F)c3)c2F)CC1. The van der Waals surface area contributed by atoms with E-state index in [4.69, 9.17) is 4.74 Å². The highest BCUT2D eigenvalue weighted by molar-refractivity contribution is 5.71. The quantitative estimate of drug-likeness (QED) is 0.245. The summed E-state index contributed by atoms with van der Waals surface area (Å²) in [4.78, 5) is 0. The van der Waals surface area contributed by atoms with E-state index in [9.17, 15) is 17.6 Å². The molecule has 0 N–H and O–H groups in total. The molecule has 3 aromatic rings. The molecular formula is C28H27F5O. The number of ether oxygens (including phenoxy) is 1. The van der Waals surface area contributed by atoms with E-state index in [1.165, 1.54) is 30.7 Å². The second kappa shape index (κ2) is 10.6. The summed E-state index contributed by atoms with van der Waals surface area (Å²) in [6.07, 6.45) is 6.64. The van der Waals surface area contributed by atoms with E-state index < -0.39 is 29.1 Å². The first-order valence-corrected chi connectivity index (χ1v) is 11.8. The molecule has 4 rings (SSSR count). The Morgan fingerprint density at radius 1 is 0.735 bits per heavy atom. The van der Waals surface area contributed by atoms with Crippen molar-refractivity contribution in [2.24, 2.45) is 11.8 Å². The van der Waals surface area contributed by atoms with Crippen molar-refractivity contribution >= 4 is 0 Å². The maximum Gasteiger partial charge on any atom is 0.194 e. The van der Waals surface area contributed by atoms with Gasteiger partial charge < -0.3 is 4.74 Å². The van der Waals surface area contributed by atoms with Crippen molar-refractivity contribution in [3.63, 3.8) is 0 Å². The van der Waals surface area contributed by atoms with Gasteiger partial charge in [-0.2, -0.15) is 0 Å². The lowest BCUT2D eigenvalue weighted by molar-refractivity contribution is 0.257. The van der Waals surface area contributed by atoms with Gasteiger partial charge in [0.1, 0.15) is 11.6 Å². The second-order valence-electron chi connectivity index (χ2n) is 9.02. The minimum Gasteiger partial charge on any atom is -0.454 e. The lowest BCUT2D eigenvalue weighted by atomic mass is 9.78. The minimum atomic E-state index is -1.57. The number of halogens is 5. The van der Waals surface area contributed by atoms with Gasteiger partial charge in [-0.3, -0.25) is 0 Å². The van der Waals surface area contributed by atoms with Crippen LogP contribution in [0.15, 0.2) is 48.5 Å². The first-order chi connectivity index (χ1) is 16.4. The van der Waals surface area contributed by atoms with Crippen LogP contribution in [-0.2, 0) is 6.42 Å². The summed E-state index contributed by atoms with van der Waals surface area (Å²) >= 11 is 0. The maximum absolute atomic E-state index is 15.3. The first kappa shape index (κ1) is 24.2. The largest absolute Gasteiger partial charge is 0.454 e.